The van der Waals surface area contributed by atoms with Gasteiger partial charge in [0.05, 0.1) is 22.0 Å². The van der Waals surface area contributed by atoms with Crippen molar-refractivity contribution in [3.05, 3.63) is 40.5 Å². The fourth-order valence-corrected chi connectivity index (χ4v) is 5.26. The summed E-state index contributed by atoms with van der Waals surface area (Å²) in [5, 5.41) is 8.72. The average molecular weight is 367 g/mol. The molecule has 1 saturated heterocycles. The Hall–Kier alpha value is -2.41. The molecule has 0 saturated carbocycles. The Kier molecular flexibility index (Phi) is 3.70. The molecule has 0 radical (unpaired) electrons. The third-order valence-corrected chi connectivity index (χ3v) is 6.54. The van der Waals surface area contributed by atoms with Crippen molar-refractivity contribution in [2.45, 2.75) is 38.1 Å². The van der Waals surface area contributed by atoms with Crippen molar-refractivity contribution >= 4 is 33.4 Å². The number of fused-ring (bicyclic) bond motifs is 2. The lowest BCUT2D eigenvalue weighted by Gasteiger charge is -2.23. The number of aryl methyl sites for hydroxylation is 2. The Morgan fingerprint density at radius 3 is 3.04 bits per heavy atom. The maximum atomic E-state index is 13.0. The molecule has 134 valence electrons. The van der Waals surface area contributed by atoms with Gasteiger partial charge < -0.3 is 4.90 Å². The number of hydrogen-bond donors (Lipinski definition) is 1. The number of benzene rings is 1. The minimum absolute atomic E-state index is 0.0375. The number of carbonyl (C=O) groups excluding carboxylic acids is 1. The minimum Gasteiger partial charge on any atom is -0.315 e. The lowest BCUT2D eigenvalue weighted by Crippen LogP contribution is -2.35. The Morgan fingerprint density at radius 2 is 2.15 bits per heavy atom. The number of para-hydroxylation sites is 1. The number of thiazole rings is 1. The first-order valence-corrected chi connectivity index (χ1v) is 10.00. The molecular weight excluding hydrogens is 346 g/mol. The highest BCUT2D eigenvalue weighted by atomic mass is 32.1. The van der Waals surface area contributed by atoms with Crippen molar-refractivity contribution in [3.63, 3.8) is 0 Å². The zero-order valence-electron chi connectivity index (χ0n) is 14.7. The van der Waals surface area contributed by atoms with E-state index >= 15 is 0 Å². The van der Waals surface area contributed by atoms with E-state index in [-0.39, 0.29) is 12.1 Å². The lowest BCUT2D eigenvalue weighted by atomic mass is 10.2. The maximum Gasteiger partial charge on any atom is 0.323 e. The van der Waals surface area contributed by atoms with E-state index < -0.39 is 0 Å². The molecule has 1 aliphatic carbocycles. The topological polar surface area (TPSA) is 63.1 Å². The molecule has 2 aliphatic rings. The highest BCUT2D eigenvalue weighted by Crippen LogP contribution is 2.37. The number of nitrogens with one attached hydrogen (secondary N) is 1. The van der Waals surface area contributed by atoms with Crippen molar-refractivity contribution in [2.75, 3.05) is 11.9 Å². The standard InChI is InChI=1S/C19H21N5OS/c1-23-17(12-6-4-8-13(12)22-23)21-19(25)24-11-5-9-15(24)18-20-14-7-2-3-10-16(14)26-18/h2-3,7,10,15H,4-6,8-9,11H2,1H3,(H,21,25)/t15-/m1/s1. The van der Waals surface area contributed by atoms with Gasteiger partial charge in [-0.15, -0.1) is 11.3 Å². The van der Waals surface area contributed by atoms with Crippen molar-refractivity contribution in [1.29, 1.82) is 0 Å². The van der Waals surface area contributed by atoms with Crippen LogP contribution in [0.3, 0.4) is 0 Å². The van der Waals surface area contributed by atoms with E-state index in [1.54, 1.807) is 11.3 Å². The number of hydrogen-bond acceptors (Lipinski definition) is 4. The van der Waals surface area contributed by atoms with Crippen molar-refractivity contribution < 1.29 is 4.79 Å². The van der Waals surface area contributed by atoms with E-state index in [0.29, 0.717) is 0 Å². The molecule has 0 bridgehead atoms. The molecule has 7 heteroatoms. The van der Waals surface area contributed by atoms with Crippen LogP contribution in [0, 0.1) is 0 Å². The van der Waals surface area contributed by atoms with Gasteiger partial charge in [0.2, 0.25) is 0 Å². The third kappa shape index (κ3) is 2.49. The summed E-state index contributed by atoms with van der Waals surface area (Å²) in [6.07, 6.45) is 5.12. The van der Waals surface area contributed by atoms with Crippen LogP contribution in [0.1, 0.15) is 41.6 Å². The van der Waals surface area contributed by atoms with Gasteiger partial charge in [0.25, 0.3) is 0 Å². The van der Waals surface area contributed by atoms with Gasteiger partial charge in [-0.1, -0.05) is 12.1 Å². The van der Waals surface area contributed by atoms with E-state index in [1.807, 2.05) is 34.8 Å². The van der Waals surface area contributed by atoms with Crippen LogP contribution in [0.15, 0.2) is 24.3 Å². The Morgan fingerprint density at radius 1 is 1.27 bits per heavy atom. The molecule has 1 fully saturated rings. The maximum absolute atomic E-state index is 13.0. The number of nitrogens with zero attached hydrogens (tertiary/aromatic N) is 4. The van der Waals surface area contributed by atoms with E-state index in [0.717, 1.165) is 60.7 Å². The molecule has 3 aromatic rings. The van der Waals surface area contributed by atoms with Crippen LogP contribution in [-0.2, 0) is 19.9 Å². The molecule has 1 atom stereocenters. The van der Waals surface area contributed by atoms with Crippen molar-refractivity contribution in [3.8, 4) is 0 Å². The molecule has 1 aromatic carbocycles. The quantitative estimate of drug-likeness (QED) is 0.747. The first-order valence-electron chi connectivity index (χ1n) is 9.18. The zero-order chi connectivity index (χ0) is 17.7. The van der Waals surface area contributed by atoms with Gasteiger partial charge in [-0.2, -0.15) is 5.10 Å². The largest absolute Gasteiger partial charge is 0.323 e. The van der Waals surface area contributed by atoms with E-state index in [2.05, 4.69) is 16.5 Å². The summed E-state index contributed by atoms with van der Waals surface area (Å²) in [5.74, 6) is 0.859. The van der Waals surface area contributed by atoms with Gasteiger partial charge >= 0.3 is 6.03 Å². The number of likely N-dealkylation sites (tertiary alicyclic amines) is 1. The summed E-state index contributed by atoms with van der Waals surface area (Å²) in [7, 11) is 1.91. The monoisotopic (exact) mass is 367 g/mol. The summed E-state index contributed by atoms with van der Waals surface area (Å²) >= 11 is 1.70. The van der Waals surface area contributed by atoms with Crippen LogP contribution in [-0.4, -0.2) is 32.2 Å². The predicted molar refractivity (Wildman–Crippen MR) is 103 cm³/mol. The molecule has 1 aliphatic heterocycles. The second kappa shape index (κ2) is 6.09. The lowest BCUT2D eigenvalue weighted by molar-refractivity contribution is 0.207. The van der Waals surface area contributed by atoms with Crippen LogP contribution < -0.4 is 5.32 Å². The van der Waals surface area contributed by atoms with Crippen LogP contribution >= 0.6 is 11.3 Å². The van der Waals surface area contributed by atoms with Gasteiger partial charge in [-0.05, 0) is 44.2 Å². The molecule has 2 amide bonds. The molecule has 6 nitrogen and oxygen atoms in total. The van der Waals surface area contributed by atoms with Crippen LogP contribution in [0.25, 0.3) is 10.2 Å². The summed E-state index contributed by atoms with van der Waals surface area (Å²) in [6, 6.07) is 8.20. The van der Waals surface area contributed by atoms with Gasteiger partial charge in [0, 0.05) is 19.2 Å². The second-order valence-electron chi connectivity index (χ2n) is 7.05. The Bertz CT molecular complexity index is 958. The molecular formula is C19H21N5OS. The Balaban J connectivity index is 1.41. The average Bonchev–Trinajstić information content (AvgIpc) is 3.38. The van der Waals surface area contributed by atoms with Gasteiger partial charge in [-0.25, -0.2) is 9.78 Å². The van der Waals surface area contributed by atoms with E-state index in [1.165, 1.54) is 10.3 Å². The van der Waals surface area contributed by atoms with E-state index in [9.17, 15) is 4.79 Å². The van der Waals surface area contributed by atoms with Gasteiger partial charge in [-0.3, -0.25) is 10.00 Å². The highest BCUT2D eigenvalue weighted by Gasteiger charge is 2.33. The van der Waals surface area contributed by atoms with Crippen LogP contribution in [0.5, 0.6) is 0 Å². The first-order chi connectivity index (χ1) is 12.7. The fourth-order valence-electron chi connectivity index (χ4n) is 4.15. The molecule has 0 spiro atoms. The van der Waals surface area contributed by atoms with Crippen molar-refractivity contribution in [2.24, 2.45) is 7.05 Å². The normalized spacial score (nSPS) is 19.3. The second-order valence-corrected chi connectivity index (χ2v) is 8.11. The summed E-state index contributed by atoms with van der Waals surface area (Å²) in [6.45, 7) is 0.770. The molecule has 2 aromatic heterocycles. The van der Waals surface area contributed by atoms with Gasteiger partial charge in [0.15, 0.2) is 0 Å². The van der Waals surface area contributed by atoms with Crippen LogP contribution in [0.4, 0.5) is 10.6 Å². The number of anilines is 1. The smallest absolute Gasteiger partial charge is 0.315 e. The molecule has 26 heavy (non-hydrogen) atoms. The molecule has 5 rings (SSSR count). The predicted octanol–water partition coefficient (Wildman–Crippen LogP) is 3.89. The number of aromatic nitrogens is 3. The summed E-state index contributed by atoms with van der Waals surface area (Å²) < 4.78 is 2.99. The molecule has 3 heterocycles. The Labute approximate surface area is 155 Å². The summed E-state index contributed by atoms with van der Waals surface area (Å²) in [5.41, 5.74) is 3.35. The van der Waals surface area contributed by atoms with Crippen LogP contribution in [0.2, 0.25) is 0 Å². The molecule has 1 N–H and O–H groups in total. The first kappa shape index (κ1) is 15.8. The SMILES string of the molecule is Cn1nc2c(c1NC(=O)N1CCC[C@@H]1c1nc3ccccc3s1)CCC2. The number of amides is 2. The molecule has 0 unspecified atom stereocenters. The van der Waals surface area contributed by atoms with Crippen molar-refractivity contribution in [1.82, 2.24) is 19.7 Å². The summed E-state index contributed by atoms with van der Waals surface area (Å²) in [4.78, 5) is 19.7. The van der Waals surface area contributed by atoms with E-state index in [4.69, 9.17) is 4.98 Å². The number of rotatable bonds is 2. The fraction of sp³-hybridized carbons (Fsp3) is 0.421. The van der Waals surface area contributed by atoms with Gasteiger partial charge in [0.1, 0.15) is 10.8 Å². The highest BCUT2D eigenvalue weighted by molar-refractivity contribution is 7.18. The number of urea groups is 1. The number of carbonyl (C=O) groups is 1. The zero-order valence-corrected chi connectivity index (χ0v) is 15.6. The minimum atomic E-state index is -0.0375. The third-order valence-electron chi connectivity index (χ3n) is 5.40.